The molecule has 0 atom stereocenters. The van der Waals surface area contributed by atoms with Crippen molar-refractivity contribution >= 4 is 22.1 Å². The van der Waals surface area contributed by atoms with Crippen LogP contribution in [0.4, 0.5) is 4.39 Å². The SMILES string of the molecule is ON=Cc1cc(Br)ncc1F. The van der Waals surface area contributed by atoms with Gasteiger partial charge >= 0.3 is 0 Å². The summed E-state index contributed by atoms with van der Waals surface area (Å²) in [5, 5.41) is 10.8. The smallest absolute Gasteiger partial charge is 0.150 e. The van der Waals surface area contributed by atoms with E-state index in [2.05, 4.69) is 26.1 Å². The van der Waals surface area contributed by atoms with E-state index in [-0.39, 0.29) is 5.56 Å². The summed E-state index contributed by atoms with van der Waals surface area (Å²) < 4.78 is 13.2. The van der Waals surface area contributed by atoms with E-state index in [1.54, 1.807) is 0 Å². The zero-order chi connectivity index (χ0) is 8.27. The van der Waals surface area contributed by atoms with Gasteiger partial charge in [-0.2, -0.15) is 0 Å². The second-order valence-corrected chi connectivity index (χ2v) is 2.59. The summed E-state index contributed by atoms with van der Waals surface area (Å²) in [6, 6.07) is 1.41. The molecule has 0 aliphatic carbocycles. The van der Waals surface area contributed by atoms with Crippen molar-refractivity contribution in [1.29, 1.82) is 0 Å². The molecular weight excluding hydrogens is 215 g/mol. The van der Waals surface area contributed by atoms with Crippen molar-refractivity contribution in [3.63, 3.8) is 0 Å². The molecule has 0 aliphatic heterocycles. The minimum absolute atomic E-state index is 0.189. The van der Waals surface area contributed by atoms with Gasteiger partial charge in [0.2, 0.25) is 0 Å². The lowest BCUT2D eigenvalue weighted by Gasteiger charge is -1.93. The Morgan fingerprint density at radius 2 is 2.45 bits per heavy atom. The normalized spacial score (nSPS) is 10.7. The molecule has 0 spiro atoms. The van der Waals surface area contributed by atoms with Crippen LogP contribution in [0.5, 0.6) is 0 Å². The Labute approximate surface area is 70.7 Å². The minimum atomic E-state index is -0.522. The molecule has 3 nitrogen and oxygen atoms in total. The molecule has 58 valence electrons. The van der Waals surface area contributed by atoms with E-state index < -0.39 is 5.82 Å². The Morgan fingerprint density at radius 3 is 3.09 bits per heavy atom. The molecule has 1 heterocycles. The summed E-state index contributed by atoms with van der Waals surface area (Å²) in [6.45, 7) is 0. The van der Waals surface area contributed by atoms with Crippen molar-refractivity contribution in [2.75, 3.05) is 0 Å². The highest BCUT2D eigenvalue weighted by molar-refractivity contribution is 9.10. The van der Waals surface area contributed by atoms with Crippen LogP contribution in [0.1, 0.15) is 5.56 Å². The van der Waals surface area contributed by atoms with E-state index in [0.717, 1.165) is 12.4 Å². The van der Waals surface area contributed by atoms with Crippen LogP contribution in [0, 0.1) is 5.82 Å². The maximum atomic E-state index is 12.7. The van der Waals surface area contributed by atoms with Crippen LogP contribution in [-0.2, 0) is 0 Å². The highest BCUT2D eigenvalue weighted by Gasteiger charge is 1.99. The molecule has 0 unspecified atom stereocenters. The summed E-state index contributed by atoms with van der Waals surface area (Å²) in [7, 11) is 0. The molecule has 11 heavy (non-hydrogen) atoms. The van der Waals surface area contributed by atoms with E-state index in [4.69, 9.17) is 5.21 Å². The van der Waals surface area contributed by atoms with Crippen LogP contribution in [0.25, 0.3) is 0 Å². The van der Waals surface area contributed by atoms with Gasteiger partial charge in [0, 0.05) is 5.56 Å². The molecule has 1 aromatic rings. The van der Waals surface area contributed by atoms with Crippen LogP contribution in [0.15, 0.2) is 22.0 Å². The van der Waals surface area contributed by atoms with E-state index >= 15 is 0 Å². The van der Waals surface area contributed by atoms with Crippen molar-refractivity contribution in [1.82, 2.24) is 4.98 Å². The van der Waals surface area contributed by atoms with Crippen molar-refractivity contribution in [2.24, 2.45) is 5.16 Å². The second kappa shape index (κ2) is 3.43. The number of rotatable bonds is 1. The van der Waals surface area contributed by atoms with E-state index in [1.165, 1.54) is 6.07 Å². The van der Waals surface area contributed by atoms with Gasteiger partial charge in [-0.1, -0.05) is 5.16 Å². The van der Waals surface area contributed by atoms with Gasteiger partial charge < -0.3 is 5.21 Å². The van der Waals surface area contributed by atoms with Crippen molar-refractivity contribution in [2.45, 2.75) is 0 Å². The number of hydrogen-bond acceptors (Lipinski definition) is 3. The van der Waals surface area contributed by atoms with E-state index in [1.807, 2.05) is 0 Å². The molecule has 1 aromatic heterocycles. The molecule has 0 saturated carbocycles. The van der Waals surface area contributed by atoms with Crippen molar-refractivity contribution in [3.8, 4) is 0 Å². The molecule has 0 saturated heterocycles. The summed E-state index contributed by atoms with van der Waals surface area (Å²) in [4.78, 5) is 3.62. The Hall–Kier alpha value is -0.970. The van der Waals surface area contributed by atoms with Crippen LogP contribution in [-0.4, -0.2) is 16.4 Å². The predicted molar refractivity (Wildman–Crippen MR) is 41.3 cm³/mol. The monoisotopic (exact) mass is 218 g/mol. The number of pyridine rings is 1. The lowest BCUT2D eigenvalue weighted by atomic mass is 10.3. The van der Waals surface area contributed by atoms with Gasteiger partial charge in [0.25, 0.3) is 0 Å². The van der Waals surface area contributed by atoms with Gasteiger partial charge in [0.05, 0.1) is 12.4 Å². The van der Waals surface area contributed by atoms with Gasteiger partial charge in [0.1, 0.15) is 10.4 Å². The zero-order valence-corrected chi connectivity index (χ0v) is 6.92. The lowest BCUT2D eigenvalue weighted by molar-refractivity contribution is 0.321. The molecule has 0 radical (unpaired) electrons. The minimum Gasteiger partial charge on any atom is -0.411 e. The van der Waals surface area contributed by atoms with Crippen LogP contribution in [0.2, 0.25) is 0 Å². The highest BCUT2D eigenvalue weighted by Crippen LogP contribution is 2.09. The maximum Gasteiger partial charge on any atom is 0.150 e. The second-order valence-electron chi connectivity index (χ2n) is 1.77. The summed E-state index contributed by atoms with van der Waals surface area (Å²) in [5.41, 5.74) is 0.189. The van der Waals surface area contributed by atoms with E-state index in [9.17, 15) is 4.39 Å². The van der Waals surface area contributed by atoms with Gasteiger partial charge in [-0.05, 0) is 22.0 Å². The molecule has 1 rings (SSSR count). The van der Waals surface area contributed by atoms with Crippen molar-refractivity contribution < 1.29 is 9.60 Å². The van der Waals surface area contributed by atoms with Gasteiger partial charge in [-0.25, -0.2) is 9.37 Å². The lowest BCUT2D eigenvalue weighted by Crippen LogP contribution is -1.89. The third-order valence-corrected chi connectivity index (χ3v) is 1.48. The molecule has 0 fully saturated rings. The molecule has 0 aliphatic rings. The zero-order valence-electron chi connectivity index (χ0n) is 5.33. The van der Waals surface area contributed by atoms with Gasteiger partial charge in [-0.15, -0.1) is 0 Å². The standard InChI is InChI=1S/C6H4BrFN2O/c7-6-1-4(2-10-11)5(8)3-9-6/h1-3,11H. The fraction of sp³-hybridized carbons (Fsp3) is 0. The number of oxime groups is 1. The molecule has 5 heteroatoms. The summed E-state index contributed by atoms with van der Waals surface area (Å²) in [6.07, 6.45) is 2.04. The molecular formula is C6H4BrFN2O. The first-order chi connectivity index (χ1) is 5.24. The Kier molecular flexibility index (Phi) is 2.53. The average Bonchev–Trinajstić information content (AvgIpc) is 1.98. The number of aromatic nitrogens is 1. The highest BCUT2D eigenvalue weighted by atomic mass is 79.9. The first-order valence-corrected chi connectivity index (χ1v) is 3.52. The van der Waals surface area contributed by atoms with Gasteiger partial charge in [0.15, 0.2) is 0 Å². The van der Waals surface area contributed by atoms with Crippen LogP contribution >= 0.6 is 15.9 Å². The Morgan fingerprint density at radius 1 is 1.73 bits per heavy atom. The first kappa shape index (κ1) is 8.13. The Bertz CT molecular complexity index is 290. The molecule has 0 aromatic carbocycles. The largest absolute Gasteiger partial charge is 0.411 e. The average molecular weight is 219 g/mol. The third-order valence-electron chi connectivity index (χ3n) is 1.05. The summed E-state index contributed by atoms with van der Waals surface area (Å²) >= 11 is 3.05. The number of nitrogens with zero attached hydrogens (tertiary/aromatic N) is 2. The molecule has 0 amide bonds. The van der Waals surface area contributed by atoms with Crippen LogP contribution < -0.4 is 0 Å². The molecule has 1 N–H and O–H groups in total. The first-order valence-electron chi connectivity index (χ1n) is 2.72. The van der Waals surface area contributed by atoms with Crippen molar-refractivity contribution in [3.05, 3.63) is 28.2 Å². The number of halogens is 2. The third kappa shape index (κ3) is 1.98. The fourth-order valence-electron chi connectivity index (χ4n) is 0.589. The maximum absolute atomic E-state index is 12.7. The summed E-state index contributed by atoms with van der Waals surface area (Å²) in [5.74, 6) is -0.522. The predicted octanol–water partition coefficient (Wildman–Crippen LogP) is 1.79. The number of hydrogen-bond donors (Lipinski definition) is 1. The van der Waals surface area contributed by atoms with Crippen LogP contribution in [0.3, 0.4) is 0 Å². The molecule has 0 bridgehead atoms. The Balaban J connectivity index is 3.12. The quantitative estimate of drug-likeness (QED) is 0.338. The van der Waals surface area contributed by atoms with Gasteiger partial charge in [-0.3, -0.25) is 0 Å². The fourth-order valence-corrected chi connectivity index (χ4v) is 0.938. The van der Waals surface area contributed by atoms with E-state index in [0.29, 0.717) is 4.60 Å². The topological polar surface area (TPSA) is 45.5 Å².